The highest BCUT2D eigenvalue weighted by Gasteiger charge is 2.24. The minimum atomic E-state index is 0.286. The van der Waals surface area contributed by atoms with E-state index >= 15 is 0 Å². The van der Waals surface area contributed by atoms with Gasteiger partial charge in [0.15, 0.2) is 0 Å². The highest BCUT2D eigenvalue weighted by atomic mass is 32.2. The number of nitrogens with one attached hydrogen (secondary N) is 1. The van der Waals surface area contributed by atoms with Gasteiger partial charge in [0.2, 0.25) is 0 Å². The molecule has 1 aromatic rings. The van der Waals surface area contributed by atoms with Crippen LogP contribution in [0.5, 0.6) is 0 Å². The van der Waals surface area contributed by atoms with Crippen molar-refractivity contribution in [2.45, 2.75) is 37.0 Å². The molecular formula is C12H18N4S2. The minimum Gasteiger partial charge on any atom is -0.388 e. The van der Waals surface area contributed by atoms with Crippen LogP contribution in [0.4, 0.5) is 5.82 Å². The van der Waals surface area contributed by atoms with Crippen LogP contribution in [0.3, 0.4) is 0 Å². The molecule has 98 valence electrons. The first-order valence-electron chi connectivity index (χ1n) is 6.12. The molecule has 0 bridgehead atoms. The van der Waals surface area contributed by atoms with Crippen molar-refractivity contribution >= 4 is 34.8 Å². The molecule has 0 aliphatic heterocycles. The summed E-state index contributed by atoms with van der Waals surface area (Å²) in [6.45, 7) is 0. The predicted molar refractivity (Wildman–Crippen MR) is 81.1 cm³/mol. The van der Waals surface area contributed by atoms with Crippen molar-refractivity contribution in [1.29, 1.82) is 0 Å². The van der Waals surface area contributed by atoms with Crippen molar-refractivity contribution in [3.05, 3.63) is 18.1 Å². The fourth-order valence-corrected chi connectivity index (χ4v) is 3.30. The summed E-state index contributed by atoms with van der Waals surface area (Å²) < 4.78 is 0. The second kappa shape index (κ2) is 6.33. The summed E-state index contributed by atoms with van der Waals surface area (Å²) in [6, 6.07) is 0.485. The summed E-state index contributed by atoms with van der Waals surface area (Å²) in [6.07, 6.45) is 10.6. The Morgan fingerprint density at radius 1 is 1.39 bits per heavy atom. The van der Waals surface area contributed by atoms with Crippen LogP contribution in [0.25, 0.3) is 0 Å². The smallest absolute Gasteiger partial charge is 0.144 e. The molecule has 1 aliphatic rings. The second-order valence-electron chi connectivity index (χ2n) is 4.46. The van der Waals surface area contributed by atoms with Crippen molar-refractivity contribution in [2.75, 3.05) is 11.6 Å². The van der Waals surface area contributed by atoms with E-state index in [0.717, 1.165) is 5.82 Å². The second-order valence-corrected chi connectivity index (χ2v) is 5.98. The summed E-state index contributed by atoms with van der Waals surface area (Å²) in [5, 5.41) is 4.13. The van der Waals surface area contributed by atoms with Gasteiger partial charge in [-0.3, -0.25) is 0 Å². The molecule has 0 amide bonds. The monoisotopic (exact) mass is 282 g/mol. The van der Waals surface area contributed by atoms with Crippen LogP contribution >= 0.6 is 24.0 Å². The predicted octanol–water partition coefficient (Wildman–Crippen LogP) is 2.20. The third-order valence-corrected chi connectivity index (χ3v) is 4.62. The molecule has 2 unspecified atom stereocenters. The van der Waals surface area contributed by atoms with Crippen LogP contribution in [0.15, 0.2) is 12.4 Å². The molecule has 1 aromatic heterocycles. The number of hydrogen-bond acceptors (Lipinski definition) is 5. The molecule has 0 saturated heterocycles. The van der Waals surface area contributed by atoms with E-state index < -0.39 is 0 Å². The van der Waals surface area contributed by atoms with E-state index in [2.05, 4.69) is 21.5 Å². The highest BCUT2D eigenvalue weighted by molar-refractivity contribution is 7.99. The molecule has 2 atom stereocenters. The average Bonchev–Trinajstić information content (AvgIpc) is 2.40. The normalized spacial score (nSPS) is 23.6. The molecular weight excluding hydrogens is 264 g/mol. The van der Waals surface area contributed by atoms with Crippen molar-refractivity contribution in [1.82, 2.24) is 9.97 Å². The molecule has 1 saturated carbocycles. The van der Waals surface area contributed by atoms with Crippen molar-refractivity contribution in [3.63, 3.8) is 0 Å². The lowest BCUT2D eigenvalue weighted by atomic mass is 9.95. The first-order valence-corrected chi connectivity index (χ1v) is 7.81. The molecule has 0 spiro atoms. The fourth-order valence-electron chi connectivity index (χ4n) is 2.26. The van der Waals surface area contributed by atoms with E-state index in [1.165, 1.54) is 25.7 Å². The Labute approximate surface area is 117 Å². The van der Waals surface area contributed by atoms with Gasteiger partial charge in [0.1, 0.15) is 16.5 Å². The molecule has 1 heterocycles. The maximum atomic E-state index is 5.50. The number of aromatic nitrogens is 2. The Balaban J connectivity index is 2.01. The summed E-state index contributed by atoms with van der Waals surface area (Å²) in [4.78, 5) is 8.79. The average molecular weight is 282 g/mol. The third kappa shape index (κ3) is 3.32. The van der Waals surface area contributed by atoms with Gasteiger partial charge < -0.3 is 11.1 Å². The molecule has 2 rings (SSSR count). The van der Waals surface area contributed by atoms with Crippen molar-refractivity contribution in [2.24, 2.45) is 5.73 Å². The van der Waals surface area contributed by atoms with Crippen LogP contribution in [-0.4, -0.2) is 32.5 Å². The summed E-state index contributed by atoms with van der Waals surface area (Å²) >= 11 is 6.79. The van der Waals surface area contributed by atoms with Gasteiger partial charge in [-0.2, -0.15) is 11.8 Å². The van der Waals surface area contributed by atoms with E-state index in [1.54, 1.807) is 12.4 Å². The molecule has 1 aliphatic carbocycles. The van der Waals surface area contributed by atoms with Gasteiger partial charge in [-0.05, 0) is 19.1 Å². The van der Waals surface area contributed by atoms with Crippen molar-refractivity contribution < 1.29 is 0 Å². The third-order valence-electron chi connectivity index (χ3n) is 3.24. The lowest BCUT2D eigenvalue weighted by Crippen LogP contribution is -2.34. The van der Waals surface area contributed by atoms with E-state index in [4.69, 9.17) is 18.0 Å². The van der Waals surface area contributed by atoms with Gasteiger partial charge >= 0.3 is 0 Å². The van der Waals surface area contributed by atoms with Gasteiger partial charge in [-0.25, -0.2) is 9.97 Å². The zero-order valence-electron chi connectivity index (χ0n) is 10.4. The SMILES string of the molecule is CSC1CCCCC1Nc1cnc(C(N)=S)cn1. The zero-order chi connectivity index (χ0) is 13.0. The maximum Gasteiger partial charge on any atom is 0.144 e. The number of thiocarbonyl (C=S) groups is 1. The quantitative estimate of drug-likeness (QED) is 0.826. The number of thioether (sulfide) groups is 1. The Morgan fingerprint density at radius 3 is 2.78 bits per heavy atom. The standard InChI is InChI=1S/C12H18N4S2/c1-18-10-5-3-2-4-8(10)16-11-7-14-9(6-15-11)12(13)17/h6-8,10H,2-5H2,1H3,(H2,13,17)(H,15,16). The molecule has 18 heavy (non-hydrogen) atoms. The number of nitrogens with two attached hydrogens (primary N) is 1. The van der Waals surface area contributed by atoms with Crippen LogP contribution in [0, 0.1) is 0 Å². The number of rotatable bonds is 4. The van der Waals surface area contributed by atoms with Crippen LogP contribution < -0.4 is 11.1 Å². The maximum absolute atomic E-state index is 5.50. The van der Waals surface area contributed by atoms with Gasteiger partial charge in [-0.15, -0.1) is 0 Å². The van der Waals surface area contributed by atoms with Gasteiger partial charge in [0.25, 0.3) is 0 Å². The van der Waals surface area contributed by atoms with Crippen LogP contribution in [0.1, 0.15) is 31.4 Å². The first kappa shape index (κ1) is 13.5. The molecule has 6 heteroatoms. The van der Waals surface area contributed by atoms with Gasteiger partial charge in [0, 0.05) is 11.3 Å². The van der Waals surface area contributed by atoms with E-state index in [1.807, 2.05) is 11.8 Å². The lowest BCUT2D eigenvalue weighted by Gasteiger charge is -2.31. The summed E-state index contributed by atoms with van der Waals surface area (Å²) in [5.74, 6) is 0.806. The molecule has 0 radical (unpaired) electrons. The van der Waals surface area contributed by atoms with Crippen molar-refractivity contribution in [3.8, 4) is 0 Å². The van der Waals surface area contributed by atoms with Gasteiger partial charge in [-0.1, -0.05) is 25.1 Å². The fraction of sp³-hybridized carbons (Fsp3) is 0.583. The highest BCUT2D eigenvalue weighted by Crippen LogP contribution is 2.28. The lowest BCUT2D eigenvalue weighted by molar-refractivity contribution is 0.474. The number of anilines is 1. The Kier molecular flexibility index (Phi) is 4.77. The van der Waals surface area contributed by atoms with Crippen LogP contribution in [-0.2, 0) is 0 Å². The largest absolute Gasteiger partial charge is 0.388 e. The first-order chi connectivity index (χ1) is 8.70. The van der Waals surface area contributed by atoms with Crippen LogP contribution in [0.2, 0.25) is 0 Å². The molecule has 1 fully saturated rings. The minimum absolute atomic E-state index is 0.286. The summed E-state index contributed by atoms with van der Waals surface area (Å²) in [5.41, 5.74) is 6.07. The Morgan fingerprint density at radius 2 is 2.17 bits per heavy atom. The topological polar surface area (TPSA) is 63.8 Å². The van der Waals surface area contributed by atoms with E-state index in [9.17, 15) is 0 Å². The van der Waals surface area contributed by atoms with E-state index in [0.29, 0.717) is 17.0 Å². The molecule has 4 nitrogen and oxygen atoms in total. The molecule has 3 N–H and O–H groups in total. The number of hydrogen-bond donors (Lipinski definition) is 2. The Hall–Kier alpha value is -0.880. The van der Waals surface area contributed by atoms with E-state index in [-0.39, 0.29) is 4.99 Å². The molecule has 0 aromatic carbocycles. The van der Waals surface area contributed by atoms with Gasteiger partial charge in [0.05, 0.1) is 12.4 Å². The Bertz CT molecular complexity index is 407. The summed E-state index contributed by atoms with van der Waals surface area (Å²) in [7, 11) is 0. The zero-order valence-corrected chi connectivity index (χ0v) is 12.1. The number of nitrogens with zero attached hydrogens (tertiary/aromatic N) is 2.